The molecule has 0 aliphatic heterocycles. The molecule has 4 N–H and O–H groups in total. The summed E-state index contributed by atoms with van der Waals surface area (Å²) >= 11 is 0. The Morgan fingerprint density at radius 2 is 2.12 bits per heavy atom. The maximum absolute atomic E-state index is 11.0. The predicted molar refractivity (Wildman–Crippen MR) is 56.4 cm³/mol. The van der Waals surface area contributed by atoms with E-state index in [0.29, 0.717) is 0 Å². The Morgan fingerprint density at radius 1 is 1.50 bits per heavy atom. The number of aryl methyl sites for hydroxylation is 1. The summed E-state index contributed by atoms with van der Waals surface area (Å²) in [6.45, 7) is 1.76. The molecule has 0 aliphatic rings. The van der Waals surface area contributed by atoms with Crippen LogP contribution in [0.3, 0.4) is 0 Å². The number of aromatic nitrogens is 1. The number of aliphatic hydroxyl groups is 2. The second-order valence-corrected chi connectivity index (χ2v) is 3.41. The lowest BCUT2D eigenvalue weighted by Crippen LogP contribution is -2.29. The van der Waals surface area contributed by atoms with Gasteiger partial charge in [0.05, 0.1) is 12.8 Å². The van der Waals surface area contributed by atoms with Crippen LogP contribution in [0.1, 0.15) is 17.4 Å². The molecule has 2 unspecified atom stereocenters. The standard InChI is InChI=1S/C10H14N2O4/c1-5-3-6(12-7(11)4-5)8(13)9(14)10(15)16-2/h3-4,8-9,13-14H,1-2H3,(H2,11,12). The smallest absolute Gasteiger partial charge is 0.337 e. The Labute approximate surface area is 92.7 Å². The van der Waals surface area contributed by atoms with E-state index in [4.69, 9.17) is 5.73 Å². The Morgan fingerprint density at radius 3 is 2.62 bits per heavy atom. The summed E-state index contributed by atoms with van der Waals surface area (Å²) in [6, 6.07) is 3.15. The molecule has 0 fully saturated rings. The monoisotopic (exact) mass is 226 g/mol. The lowest BCUT2D eigenvalue weighted by Gasteiger charge is -2.15. The quantitative estimate of drug-likeness (QED) is 0.602. The minimum atomic E-state index is -1.67. The Kier molecular flexibility index (Phi) is 3.81. The van der Waals surface area contributed by atoms with Gasteiger partial charge in [-0.25, -0.2) is 9.78 Å². The first-order valence-corrected chi connectivity index (χ1v) is 4.63. The third kappa shape index (κ3) is 2.68. The van der Waals surface area contributed by atoms with Crippen molar-refractivity contribution in [3.63, 3.8) is 0 Å². The Hall–Kier alpha value is -1.66. The van der Waals surface area contributed by atoms with Crippen LogP contribution in [0.2, 0.25) is 0 Å². The number of methoxy groups -OCH3 is 1. The molecule has 6 heteroatoms. The van der Waals surface area contributed by atoms with Crippen LogP contribution < -0.4 is 5.73 Å². The number of nitrogens with zero attached hydrogens (tertiary/aromatic N) is 1. The minimum absolute atomic E-state index is 0.135. The van der Waals surface area contributed by atoms with Crippen molar-refractivity contribution >= 4 is 11.8 Å². The van der Waals surface area contributed by atoms with E-state index < -0.39 is 18.2 Å². The van der Waals surface area contributed by atoms with Crippen molar-refractivity contribution in [2.75, 3.05) is 12.8 Å². The molecule has 16 heavy (non-hydrogen) atoms. The number of aliphatic hydroxyl groups excluding tert-OH is 2. The summed E-state index contributed by atoms with van der Waals surface area (Å²) in [7, 11) is 1.12. The molecule has 0 aromatic carbocycles. The lowest BCUT2D eigenvalue weighted by atomic mass is 10.1. The van der Waals surface area contributed by atoms with Crippen molar-refractivity contribution < 1.29 is 19.7 Å². The van der Waals surface area contributed by atoms with E-state index in [1.54, 1.807) is 13.0 Å². The zero-order valence-corrected chi connectivity index (χ0v) is 9.04. The minimum Gasteiger partial charge on any atom is -0.467 e. The van der Waals surface area contributed by atoms with Gasteiger partial charge in [0.15, 0.2) is 6.10 Å². The number of hydrogen-bond donors (Lipinski definition) is 3. The van der Waals surface area contributed by atoms with Gasteiger partial charge in [-0.15, -0.1) is 0 Å². The number of hydrogen-bond acceptors (Lipinski definition) is 6. The van der Waals surface area contributed by atoms with Gasteiger partial charge in [0.2, 0.25) is 0 Å². The first kappa shape index (κ1) is 12.4. The molecule has 1 rings (SSSR count). The van der Waals surface area contributed by atoms with Crippen LogP contribution in [-0.2, 0) is 9.53 Å². The normalized spacial score (nSPS) is 14.2. The van der Waals surface area contributed by atoms with E-state index in [1.165, 1.54) is 6.07 Å². The summed E-state index contributed by atoms with van der Waals surface area (Å²) in [5, 5.41) is 19.1. The SMILES string of the molecule is COC(=O)C(O)C(O)c1cc(C)cc(N)n1. The van der Waals surface area contributed by atoms with Crippen molar-refractivity contribution in [1.29, 1.82) is 0 Å². The highest BCUT2D eigenvalue weighted by molar-refractivity contribution is 5.75. The third-order valence-electron chi connectivity index (χ3n) is 2.05. The van der Waals surface area contributed by atoms with Crippen molar-refractivity contribution in [1.82, 2.24) is 4.98 Å². The van der Waals surface area contributed by atoms with E-state index in [2.05, 4.69) is 9.72 Å². The van der Waals surface area contributed by atoms with Gasteiger partial charge in [-0.1, -0.05) is 0 Å². The number of esters is 1. The first-order valence-electron chi connectivity index (χ1n) is 4.63. The highest BCUT2D eigenvalue weighted by atomic mass is 16.5. The fourth-order valence-corrected chi connectivity index (χ4v) is 1.28. The second-order valence-electron chi connectivity index (χ2n) is 3.41. The number of carbonyl (C=O) groups is 1. The fraction of sp³-hybridized carbons (Fsp3) is 0.400. The predicted octanol–water partition coefficient (Wildman–Crippen LogP) is -0.460. The Balaban J connectivity index is 2.95. The molecule has 0 amide bonds. The van der Waals surface area contributed by atoms with Crippen molar-refractivity contribution in [2.45, 2.75) is 19.1 Å². The van der Waals surface area contributed by atoms with E-state index in [1.807, 2.05) is 0 Å². The van der Waals surface area contributed by atoms with E-state index >= 15 is 0 Å². The van der Waals surface area contributed by atoms with Crippen LogP contribution in [0, 0.1) is 6.92 Å². The molecule has 1 heterocycles. The van der Waals surface area contributed by atoms with Gasteiger partial charge in [-0.3, -0.25) is 0 Å². The highest BCUT2D eigenvalue weighted by Crippen LogP contribution is 2.18. The molecule has 2 atom stereocenters. The maximum Gasteiger partial charge on any atom is 0.337 e. The zero-order chi connectivity index (χ0) is 12.3. The van der Waals surface area contributed by atoms with Crippen molar-refractivity contribution in [3.05, 3.63) is 23.4 Å². The molecule has 1 aromatic rings. The Bertz CT molecular complexity index is 374. The topological polar surface area (TPSA) is 106 Å². The summed E-state index contributed by atoms with van der Waals surface area (Å²) < 4.78 is 4.31. The fourth-order valence-electron chi connectivity index (χ4n) is 1.28. The van der Waals surface area contributed by atoms with Crippen molar-refractivity contribution in [2.24, 2.45) is 0 Å². The van der Waals surface area contributed by atoms with Gasteiger partial charge in [0.1, 0.15) is 11.9 Å². The third-order valence-corrected chi connectivity index (χ3v) is 2.05. The number of pyridine rings is 1. The molecule has 0 saturated carbocycles. The molecule has 0 aliphatic carbocycles. The van der Waals surface area contributed by atoms with E-state index in [0.717, 1.165) is 12.7 Å². The van der Waals surface area contributed by atoms with E-state index in [-0.39, 0.29) is 11.5 Å². The molecule has 88 valence electrons. The van der Waals surface area contributed by atoms with E-state index in [9.17, 15) is 15.0 Å². The van der Waals surface area contributed by atoms with Gasteiger partial charge in [-0.2, -0.15) is 0 Å². The molecular weight excluding hydrogens is 212 g/mol. The molecule has 0 bridgehead atoms. The van der Waals surface area contributed by atoms with Crippen molar-refractivity contribution in [3.8, 4) is 0 Å². The van der Waals surface area contributed by atoms with Gasteiger partial charge in [0, 0.05) is 0 Å². The van der Waals surface area contributed by atoms with Crippen LogP contribution in [0.25, 0.3) is 0 Å². The number of carbonyl (C=O) groups excluding carboxylic acids is 1. The molecular formula is C10H14N2O4. The van der Waals surface area contributed by atoms with Gasteiger partial charge >= 0.3 is 5.97 Å². The van der Waals surface area contributed by atoms with Crippen LogP contribution >= 0.6 is 0 Å². The highest BCUT2D eigenvalue weighted by Gasteiger charge is 2.27. The van der Waals surface area contributed by atoms with Gasteiger partial charge in [0.25, 0.3) is 0 Å². The average Bonchev–Trinajstić information content (AvgIpc) is 2.24. The maximum atomic E-state index is 11.0. The number of anilines is 1. The molecule has 1 aromatic heterocycles. The number of nitrogen functional groups attached to an aromatic ring is 1. The lowest BCUT2D eigenvalue weighted by molar-refractivity contribution is -0.157. The van der Waals surface area contributed by atoms with Crippen LogP contribution in [-0.4, -0.2) is 34.4 Å². The number of ether oxygens (including phenoxy) is 1. The summed E-state index contributed by atoms with van der Waals surface area (Å²) in [5.74, 6) is -0.708. The summed E-state index contributed by atoms with van der Waals surface area (Å²) in [4.78, 5) is 14.8. The van der Waals surface area contributed by atoms with Crippen LogP contribution in [0.5, 0.6) is 0 Å². The van der Waals surface area contributed by atoms with Crippen LogP contribution in [0.15, 0.2) is 12.1 Å². The average molecular weight is 226 g/mol. The number of nitrogens with two attached hydrogens (primary N) is 1. The van der Waals surface area contributed by atoms with Gasteiger partial charge in [-0.05, 0) is 24.6 Å². The molecule has 0 radical (unpaired) electrons. The molecule has 0 saturated heterocycles. The molecule has 0 spiro atoms. The van der Waals surface area contributed by atoms with Gasteiger partial charge < -0.3 is 20.7 Å². The summed E-state index contributed by atoms with van der Waals surface area (Å²) in [6.07, 6.45) is -3.12. The number of rotatable bonds is 3. The second kappa shape index (κ2) is 4.91. The van der Waals surface area contributed by atoms with Crippen LogP contribution in [0.4, 0.5) is 5.82 Å². The summed E-state index contributed by atoms with van der Waals surface area (Å²) in [5.41, 5.74) is 6.40. The molecule has 6 nitrogen and oxygen atoms in total. The largest absolute Gasteiger partial charge is 0.467 e. The first-order chi connectivity index (χ1) is 7.45. The zero-order valence-electron chi connectivity index (χ0n) is 9.04.